The number of aromatic hydroxyl groups is 1. The Labute approximate surface area is 153 Å². The van der Waals surface area contributed by atoms with E-state index in [4.69, 9.17) is 4.74 Å². The molecule has 2 heterocycles. The minimum atomic E-state index is -0.348. The Balaban J connectivity index is 2.25. The van der Waals surface area contributed by atoms with E-state index >= 15 is 0 Å². The van der Waals surface area contributed by atoms with Gasteiger partial charge in [0.1, 0.15) is 5.75 Å². The van der Waals surface area contributed by atoms with Crippen LogP contribution >= 0.6 is 0 Å². The molecule has 0 spiro atoms. The molecule has 26 heavy (non-hydrogen) atoms. The normalized spacial score (nSPS) is 11.0. The highest BCUT2D eigenvalue weighted by molar-refractivity contribution is 6.07. The van der Waals surface area contributed by atoms with Gasteiger partial charge in [0.25, 0.3) is 0 Å². The van der Waals surface area contributed by atoms with Crippen molar-refractivity contribution in [2.75, 3.05) is 6.61 Å². The largest absolute Gasteiger partial charge is 0.507 e. The molecule has 0 aliphatic carbocycles. The highest BCUT2D eigenvalue weighted by atomic mass is 16.5. The van der Waals surface area contributed by atoms with E-state index in [1.165, 1.54) is 0 Å². The second-order valence-electron chi connectivity index (χ2n) is 6.31. The summed E-state index contributed by atoms with van der Waals surface area (Å²) in [6.07, 6.45) is 5.49. The van der Waals surface area contributed by atoms with Crippen molar-refractivity contribution in [2.45, 2.75) is 40.2 Å². The summed E-state index contributed by atoms with van der Waals surface area (Å²) in [5, 5.41) is 11.3. The number of fused-ring (bicyclic) bond motifs is 1. The van der Waals surface area contributed by atoms with Crippen molar-refractivity contribution < 1.29 is 14.6 Å². The molecule has 3 rings (SSSR count). The Bertz CT molecular complexity index is 930. The first-order chi connectivity index (χ1) is 12.6. The molecule has 2 aromatic heterocycles. The Morgan fingerprint density at radius 3 is 2.77 bits per heavy atom. The zero-order chi connectivity index (χ0) is 18.7. The van der Waals surface area contributed by atoms with Crippen LogP contribution < -0.4 is 0 Å². The van der Waals surface area contributed by atoms with Gasteiger partial charge >= 0.3 is 5.97 Å². The quantitative estimate of drug-likeness (QED) is 0.654. The van der Waals surface area contributed by atoms with E-state index in [2.05, 4.69) is 16.5 Å². The number of ether oxygens (including phenoxy) is 1. The summed E-state index contributed by atoms with van der Waals surface area (Å²) < 4.78 is 7.39. The van der Waals surface area contributed by atoms with Gasteiger partial charge in [0.2, 0.25) is 0 Å². The Morgan fingerprint density at radius 1 is 1.31 bits per heavy atom. The number of hydrogen-bond donors (Lipinski definition) is 1. The molecule has 0 atom stereocenters. The molecule has 5 heteroatoms. The average molecular weight is 352 g/mol. The van der Waals surface area contributed by atoms with Gasteiger partial charge in [-0.05, 0) is 38.5 Å². The van der Waals surface area contributed by atoms with Gasteiger partial charge in [-0.15, -0.1) is 0 Å². The van der Waals surface area contributed by atoms with Crippen LogP contribution in [-0.4, -0.2) is 27.2 Å². The van der Waals surface area contributed by atoms with Crippen LogP contribution in [0.5, 0.6) is 5.75 Å². The number of pyridine rings is 1. The summed E-state index contributed by atoms with van der Waals surface area (Å²) in [5.41, 5.74) is 3.87. The number of benzene rings is 1. The summed E-state index contributed by atoms with van der Waals surface area (Å²) in [5.74, 6) is -0.220. The van der Waals surface area contributed by atoms with E-state index in [1.54, 1.807) is 25.4 Å². The van der Waals surface area contributed by atoms with Crippen LogP contribution in [0.3, 0.4) is 0 Å². The standard InChI is InChI=1S/C21H24N2O3/c1-4-6-10-23-14(3)20(21(25)26-5-2)17-12-19(24)16(11-18(17)23)15-8-7-9-22-13-15/h7-9,11-13,24H,4-6,10H2,1-3H3. The van der Waals surface area contributed by atoms with Crippen LogP contribution in [0.1, 0.15) is 42.7 Å². The Kier molecular flexibility index (Phi) is 5.26. The highest BCUT2D eigenvalue weighted by Crippen LogP contribution is 2.37. The summed E-state index contributed by atoms with van der Waals surface area (Å²) in [6.45, 7) is 7.00. The third-order valence-corrected chi connectivity index (χ3v) is 4.63. The summed E-state index contributed by atoms with van der Waals surface area (Å²) in [7, 11) is 0. The van der Waals surface area contributed by atoms with E-state index in [0.717, 1.165) is 41.5 Å². The van der Waals surface area contributed by atoms with Crippen LogP contribution in [0.15, 0.2) is 36.7 Å². The molecule has 0 aliphatic heterocycles. The van der Waals surface area contributed by atoms with Crippen LogP contribution in [0.4, 0.5) is 0 Å². The maximum absolute atomic E-state index is 12.5. The Hall–Kier alpha value is -2.82. The van der Waals surface area contributed by atoms with Crippen molar-refractivity contribution in [1.29, 1.82) is 0 Å². The smallest absolute Gasteiger partial charge is 0.340 e. The van der Waals surface area contributed by atoms with Crippen molar-refractivity contribution >= 4 is 16.9 Å². The lowest BCUT2D eigenvalue weighted by Gasteiger charge is -2.09. The number of carbonyl (C=O) groups is 1. The fraction of sp³-hybridized carbons (Fsp3) is 0.333. The number of carbonyl (C=O) groups excluding carboxylic acids is 1. The van der Waals surface area contributed by atoms with Gasteiger partial charge in [-0.2, -0.15) is 0 Å². The molecule has 1 N–H and O–H groups in total. The molecule has 0 unspecified atom stereocenters. The maximum Gasteiger partial charge on any atom is 0.340 e. The monoisotopic (exact) mass is 352 g/mol. The topological polar surface area (TPSA) is 64.3 Å². The van der Waals surface area contributed by atoms with Gasteiger partial charge in [0, 0.05) is 46.7 Å². The molecule has 136 valence electrons. The summed E-state index contributed by atoms with van der Waals surface area (Å²) in [6, 6.07) is 7.35. The second kappa shape index (κ2) is 7.60. The molecule has 0 saturated carbocycles. The van der Waals surface area contributed by atoms with Crippen LogP contribution in [0.2, 0.25) is 0 Å². The molecule has 1 aromatic carbocycles. The van der Waals surface area contributed by atoms with Crippen molar-refractivity contribution in [3.63, 3.8) is 0 Å². The van der Waals surface area contributed by atoms with Crippen molar-refractivity contribution in [1.82, 2.24) is 9.55 Å². The number of aryl methyl sites for hydroxylation is 1. The van der Waals surface area contributed by atoms with Gasteiger partial charge in [-0.3, -0.25) is 4.98 Å². The fourth-order valence-corrected chi connectivity index (χ4v) is 3.33. The highest BCUT2D eigenvalue weighted by Gasteiger charge is 2.22. The van der Waals surface area contributed by atoms with Crippen molar-refractivity contribution in [3.05, 3.63) is 47.9 Å². The lowest BCUT2D eigenvalue weighted by Crippen LogP contribution is -2.07. The van der Waals surface area contributed by atoms with Gasteiger partial charge < -0.3 is 14.4 Å². The second-order valence-corrected chi connectivity index (χ2v) is 6.31. The Morgan fingerprint density at radius 2 is 2.12 bits per heavy atom. The third kappa shape index (κ3) is 3.17. The molecule has 0 radical (unpaired) electrons. The fourth-order valence-electron chi connectivity index (χ4n) is 3.33. The molecule has 3 aromatic rings. The molecule has 0 fully saturated rings. The number of hydrogen-bond acceptors (Lipinski definition) is 4. The molecule has 5 nitrogen and oxygen atoms in total. The molecule has 0 aliphatic rings. The minimum Gasteiger partial charge on any atom is -0.507 e. The average Bonchev–Trinajstić information content (AvgIpc) is 2.90. The first-order valence-corrected chi connectivity index (χ1v) is 9.01. The lowest BCUT2D eigenvalue weighted by molar-refractivity contribution is 0.0527. The lowest BCUT2D eigenvalue weighted by atomic mass is 10.0. The SMILES string of the molecule is CCCCn1c(C)c(C(=O)OCC)c2cc(O)c(-c3cccnc3)cc21. The van der Waals surface area contributed by atoms with Gasteiger partial charge in [0.05, 0.1) is 12.2 Å². The van der Waals surface area contributed by atoms with Crippen LogP contribution in [-0.2, 0) is 11.3 Å². The maximum atomic E-state index is 12.5. The number of esters is 1. The first kappa shape index (κ1) is 18.0. The van der Waals surface area contributed by atoms with Gasteiger partial charge in [-0.1, -0.05) is 19.4 Å². The third-order valence-electron chi connectivity index (χ3n) is 4.63. The number of aromatic nitrogens is 2. The first-order valence-electron chi connectivity index (χ1n) is 9.01. The zero-order valence-corrected chi connectivity index (χ0v) is 15.5. The molecular weight excluding hydrogens is 328 g/mol. The van der Waals surface area contributed by atoms with E-state index < -0.39 is 0 Å². The van der Waals surface area contributed by atoms with Gasteiger partial charge in [-0.25, -0.2) is 4.79 Å². The number of unbranched alkanes of at least 4 members (excludes halogenated alkanes) is 1. The molecule has 0 bridgehead atoms. The van der Waals surface area contributed by atoms with Crippen LogP contribution in [0, 0.1) is 6.92 Å². The number of rotatable bonds is 6. The number of nitrogens with zero attached hydrogens (tertiary/aromatic N) is 2. The van der Waals surface area contributed by atoms with Crippen molar-refractivity contribution in [3.8, 4) is 16.9 Å². The number of phenolic OH excluding ortho intramolecular Hbond substituents is 1. The molecule has 0 amide bonds. The van der Waals surface area contributed by atoms with E-state index in [9.17, 15) is 9.90 Å². The molecular formula is C21H24N2O3. The van der Waals surface area contributed by atoms with Crippen LogP contribution in [0.25, 0.3) is 22.0 Å². The zero-order valence-electron chi connectivity index (χ0n) is 15.5. The van der Waals surface area contributed by atoms with E-state index in [0.29, 0.717) is 17.7 Å². The van der Waals surface area contributed by atoms with E-state index in [1.807, 2.05) is 25.1 Å². The predicted molar refractivity (Wildman–Crippen MR) is 102 cm³/mol. The van der Waals surface area contributed by atoms with Crippen molar-refractivity contribution in [2.24, 2.45) is 0 Å². The van der Waals surface area contributed by atoms with E-state index in [-0.39, 0.29) is 11.7 Å². The molecule has 0 saturated heterocycles. The number of phenols is 1. The minimum absolute atomic E-state index is 0.128. The summed E-state index contributed by atoms with van der Waals surface area (Å²) >= 11 is 0. The summed E-state index contributed by atoms with van der Waals surface area (Å²) in [4.78, 5) is 16.6. The predicted octanol–water partition coefficient (Wildman–Crippen LogP) is 4.69. The van der Waals surface area contributed by atoms with Gasteiger partial charge in [0.15, 0.2) is 0 Å².